The van der Waals surface area contributed by atoms with Gasteiger partial charge in [0.25, 0.3) is 0 Å². The van der Waals surface area contributed by atoms with E-state index in [0.29, 0.717) is 11.6 Å². The molecule has 0 atom stereocenters. The number of benzene rings is 1. The lowest BCUT2D eigenvalue weighted by molar-refractivity contribution is 0.385. The second-order valence-corrected chi connectivity index (χ2v) is 6.02. The minimum Gasteiger partial charge on any atom is -0.338 e. The first-order valence-electron chi connectivity index (χ1n) is 7.53. The fraction of sp³-hybridized carbons (Fsp3) is 0.188. The molecule has 0 radical (unpaired) electrons. The summed E-state index contributed by atoms with van der Waals surface area (Å²) in [6.07, 6.45) is 4.10. The molecule has 0 N–H and O–H groups in total. The van der Waals surface area contributed by atoms with Gasteiger partial charge in [-0.2, -0.15) is 10.1 Å². The van der Waals surface area contributed by atoms with E-state index in [9.17, 15) is 0 Å². The molecule has 0 spiro atoms. The molecular weight excluding hydrogens is 324 g/mol. The molecule has 0 fully saturated rings. The Morgan fingerprint density at radius 2 is 2.04 bits per heavy atom. The molecule has 4 aromatic rings. The van der Waals surface area contributed by atoms with Crippen LogP contribution < -0.4 is 0 Å². The Morgan fingerprint density at radius 1 is 1.17 bits per heavy atom. The highest BCUT2D eigenvalue weighted by molar-refractivity contribution is 7.98. The van der Waals surface area contributed by atoms with Crippen molar-refractivity contribution in [2.75, 3.05) is 0 Å². The van der Waals surface area contributed by atoms with Gasteiger partial charge in [-0.15, -0.1) is 0 Å². The van der Waals surface area contributed by atoms with Crippen LogP contribution in [0.2, 0.25) is 0 Å². The minimum absolute atomic E-state index is 0.565. The molecule has 0 amide bonds. The maximum Gasteiger partial charge on any atom is 0.237 e. The zero-order chi connectivity index (χ0) is 16.4. The second-order valence-electron chi connectivity index (χ2n) is 5.05. The lowest BCUT2D eigenvalue weighted by atomic mass is 10.3. The number of rotatable bonds is 5. The number of thioether (sulfide) groups is 1. The molecule has 4 rings (SSSR count). The summed E-state index contributed by atoms with van der Waals surface area (Å²) in [7, 11) is 0. The molecule has 8 heteroatoms. The average molecular weight is 338 g/mol. The summed E-state index contributed by atoms with van der Waals surface area (Å²) >= 11 is 1.53. The van der Waals surface area contributed by atoms with Crippen molar-refractivity contribution in [1.82, 2.24) is 29.9 Å². The van der Waals surface area contributed by atoms with Crippen molar-refractivity contribution < 1.29 is 4.52 Å². The van der Waals surface area contributed by atoms with E-state index in [2.05, 4.69) is 25.2 Å². The van der Waals surface area contributed by atoms with E-state index in [-0.39, 0.29) is 0 Å². The summed E-state index contributed by atoms with van der Waals surface area (Å²) in [5.74, 6) is 1.88. The summed E-state index contributed by atoms with van der Waals surface area (Å²) in [5.41, 5.74) is 1.74. The van der Waals surface area contributed by atoms with Gasteiger partial charge in [0.1, 0.15) is 11.4 Å². The highest BCUT2D eigenvalue weighted by atomic mass is 32.2. The van der Waals surface area contributed by atoms with Gasteiger partial charge in [0.05, 0.1) is 23.0 Å². The first-order valence-corrected chi connectivity index (χ1v) is 8.52. The molecular formula is C16H14N6OS. The minimum atomic E-state index is 0.565. The van der Waals surface area contributed by atoms with Crippen molar-refractivity contribution in [3.63, 3.8) is 0 Å². The number of fused-ring (bicyclic) bond motifs is 1. The Kier molecular flexibility index (Phi) is 3.96. The highest BCUT2D eigenvalue weighted by Crippen LogP contribution is 2.27. The zero-order valence-corrected chi connectivity index (χ0v) is 13.8. The maximum absolute atomic E-state index is 5.22. The molecule has 0 unspecified atom stereocenters. The lowest BCUT2D eigenvalue weighted by Crippen LogP contribution is -1.97. The number of aromatic nitrogens is 6. The number of nitrogens with zero attached hydrogens (tertiary/aromatic N) is 6. The van der Waals surface area contributed by atoms with Crippen molar-refractivity contribution in [2.45, 2.75) is 24.1 Å². The molecule has 3 heterocycles. The third kappa shape index (κ3) is 2.76. The quantitative estimate of drug-likeness (QED) is 0.408. The van der Waals surface area contributed by atoms with Crippen molar-refractivity contribution in [3.8, 4) is 5.69 Å². The van der Waals surface area contributed by atoms with Gasteiger partial charge in [0, 0.05) is 6.42 Å². The zero-order valence-electron chi connectivity index (χ0n) is 13.0. The smallest absolute Gasteiger partial charge is 0.237 e. The van der Waals surface area contributed by atoms with Gasteiger partial charge in [0.2, 0.25) is 5.89 Å². The number of hydrogen-bond acceptors (Lipinski definition) is 7. The summed E-state index contributed by atoms with van der Waals surface area (Å²) in [6, 6.07) is 9.90. The highest BCUT2D eigenvalue weighted by Gasteiger charge is 2.13. The fourth-order valence-electron chi connectivity index (χ4n) is 2.32. The third-order valence-corrected chi connectivity index (χ3v) is 4.48. The first-order chi connectivity index (χ1) is 11.8. The molecule has 0 saturated heterocycles. The van der Waals surface area contributed by atoms with Crippen LogP contribution in [0.3, 0.4) is 0 Å². The van der Waals surface area contributed by atoms with E-state index < -0.39 is 0 Å². The molecule has 0 saturated carbocycles. The van der Waals surface area contributed by atoms with Crippen LogP contribution in [0.15, 0.2) is 52.4 Å². The summed E-state index contributed by atoms with van der Waals surface area (Å²) in [4.78, 5) is 13.1. The Labute approximate surface area is 142 Å². The molecule has 7 nitrogen and oxygen atoms in total. The van der Waals surface area contributed by atoms with Gasteiger partial charge in [0.15, 0.2) is 11.5 Å². The Bertz CT molecular complexity index is 965. The molecule has 0 aliphatic rings. The van der Waals surface area contributed by atoms with Crippen LogP contribution in [0.4, 0.5) is 0 Å². The summed E-state index contributed by atoms with van der Waals surface area (Å²) < 4.78 is 7.03. The Morgan fingerprint density at radius 3 is 2.83 bits per heavy atom. The van der Waals surface area contributed by atoms with E-state index in [1.165, 1.54) is 11.8 Å². The van der Waals surface area contributed by atoms with E-state index >= 15 is 0 Å². The topological polar surface area (TPSA) is 82.5 Å². The molecule has 24 heavy (non-hydrogen) atoms. The summed E-state index contributed by atoms with van der Waals surface area (Å²) in [5, 5.41) is 10.1. The SMILES string of the molecule is CCc1noc(CSc2ncnc3c2cnn3-c2ccccc2)n1. The van der Waals surface area contributed by atoms with Crippen LogP contribution in [0, 0.1) is 0 Å². The van der Waals surface area contributed by atoms with Gasteiger partial charge >= 0.3 is 0 Å². The largest absolute Gasteiger partial charge is 0.338 e. The maximum atomic E-state index is 5.22. The molecule has 0 bridgehead atoms. The van der Waals surface area contributed by atoms with Crippen molar-refractivity contribution in [2.24, 2.45) is 0 Å². The second kappa shape index (κ2) is 6.40. The van der Waals surface area contributed by atoms with Gasteiger partial charge < -0.3 is 4.52 Å². The number of aryl methyl sites for hydroxylation is 1. The lowest BCUT2D eigenvalue weighted by Gasteiger charge is -2.03. The average Bonchev–Trinajstić information content (AvgIpc) is 3.27. The molecule has 3 aromatic heterocycles. The normalized spacial score (nSPS) is 11.2. The summed E-state index contributed by atoms with van der Waals surface area (Å²) in [6.45, 7) is 1.99. The Balaban J connectivity index is 1.63. The number of para-hydroxylation sites is 1. The van der Waals surface area contributed by atoms with Crippen LogP contribution >= 0.6 is 11.8 Å². The van der Waals surface area contributed by atoms with Crippen molar-refractivity contribution >= 4 is 22.8 Å². The number of hydrogen-bond donors (Lipinski definition) is 0. The van der Waals surface area contributed by atoms with E-state index in [4.69, 9.17) is 4.52 Å². The van der Waals surface area contributed by atoms with Crippen LogP contribution in [-0.2, 0) is 12.2 Å². The van der Waals surface area contributed by atoms with Crippen LogP contribution in [0.1, 0.15) is 18.6 Å². The van der Waals surface area contributed by atoms with Crippen molar-refractivity contribution in [3.05, 3.63) is 54.6 Å². The van der Waals surface area contributed by atoms with E-state index in [0.717, 1.165) is 34.0 Å². The molecule has 0 aliphatic carbocycles. The van der Waals surface area contributed by atoms with Crippen LogP contribution in [-0.4, -0.2) is 29.9 Å². The fourth-order valence-corrected chi connectivity index (χ4v) is 3.12. The predicted molar refractivity (Wildman–Crippen MR) is 89.9 cm³/mol. The standard InChI is InChI=1S/C16H14N6OS/c1-2-13-20-14(23-21-13)9-24-16-12-8-19-22(15(12)17-10-18-16)11-6-4-3-5-7-11/h3-8,10H,2,9H2,1H3. The van der Waals surface area contributed by atoms with Crippen LogP contribution in [0.5, 0.6) is 0 Å². The molecule has 120 valence electrons. The van der Waals surface area contributed by atoms with Gasteiger partial charge in [-0.25, -0.2) is 14.6 Å². The van der Waals surface area contributed by atoms with Gasteiger partial charge in [-0.3, -0.25) is 0 Å². The third-order valence-electron chi connectivity index (χ3n) is 3.49. The Hall–Kier alpha value is -2.74. The van der Waals surface area contributed by atoms with Crippen LogP contribution in [0.25, 0.3) is 16.7 Å². The monoisotopic (exact) mass is 338 g/mol. The van der Waals surface area contributed by atoms with Gasteiger partial charge in [-0.05, 0) is 12.1 Å². The van der Waals surface area contributed by atoms with E-state index in [1.807, 2.05) is 41.9 Å². The molecule has 1 aromatic carbocycles. The first kappa shape index (κ1) is 14.8. The predicted octanol–water partition coefficient (Wildman–Crippen LogP) is 3.05. The van der Waals surface area contributed by atoms with Gasteiger partial charge in [-0.1, -0.05) is 42.0 Å². The van der Waals surface area contributed by atoms with Crippen molar-refractivity contribution in [1.29, 1.82) is 0 Å². The molecule has 0 aliphatic heterocycles. The van der Waals surface area contributed by atoms with E-state index in [1.54, 1.807) is 12.5 Å².